The van der Waals surface area contributed by atoms with E-state index in [2.05, 4.69) is 23.4 Å². The van der Waals surface area contributed by atoms with Crippen LogP contribution in [0.4, 0.5) is 4.39 Å². The van der Waals surface area contributed by atoms with Crippen molar-refractivity contribution in [2.45, 2.75) is 52.0 Å². The van der Waals surface area contributed by atoms with Crippen LogP contribution in [0, 0.1) is 15.3 Å². The summed E-state index contributed by atoms with van der Waals surface area (Å²) in [6, 6.07) is 3.39. The van der Waals surface area contributed by atoms with Crippen LogP contribution < -0.4 is 0 Å². The van der Waals surface area contributed by atoms with Gasteiger partial charge < -0.3 is 4.57 Å². The van der Waals surface area contributed by atoms with E-state index in [1.54, 1.807) is 12.1 Å². The van der Waals surface area contributed by atoms with Gasteiger partial charge in [0.2, 0.25) is 0 Å². The normalized spacial score (nSPS) is 13.0. The minimum Gasteiger partial charge on any atom is -0.327 e. The predicted octanol–water partition coefficient (Wildman–Crippen LogP) is 5.74. The van der Waals surface area contributed by atoms with Crippen molar-refractivity contribution in [1.29, 1.82) is 0 Å². The number of unbranched alkanes of at least 4 members (excludes halogenated alkanes) is 1. The smallest absolute Gasteiger partial charge is 0.138 e. The van der Waals surface area contributed by atoms with Crippen LogP contribution in [-0.2, 0) is 12.4 Å². The molecule has 0 aliphatic heterocycles. The molecule has 21 heavy (non-hydrogen) atoms. The molecule has 0 amide bonds. The van der Waals surface area contributed by atoms with Crippen molar-refractivity contribution in [3.05, 3.63) is 27.3 Å². The Bertz CT molecular complexity index is 612. The average molecular weight is 423 g/mol. The van der Waals surface area contributed by atoms with Gasteiger partial charge in [0.05, 0.1) is 20.5 Å². The van der Waals surface area contributed by atoms with Gasteiger partial charge in [-0.15, -0.1) is 11.6 Å². The number of alkyl halides is 1. The zero-order valence-electron chi connectivity index (χ0n) is 12.5. The summed E-state index contributed by atoms with van der Waals surface area (Å²) in [7, 11) is 0. The number of hydrogen-bond acceptors (Lipinski definition) is 1. The summed E-state index contributed by atoms with van der Waals surface area (Å²) in [4.78, 5) is 4.56. The molecule has 0 N–H and O–H groups in total. The van der Waals surface area contributed by atoms with E-state index in [1.165, 1.54) is 19.3 Å². The molecule has 0 fully saturated rings. The van der Waals surface area contributed by atoms with Gasteiger partial charge in [-0.2, -0.15) is 0 Å². The lowest BCUT2D eigenvalue weighted by Gasteiger charge is -2.17. The van der Waals surface area contributed by atoms with E-state index in [0.29, 0.717) is 15.4 Å². The molecule has 116 valence electrons. The molecule has 0 spiro atoms. The first-order chi connectivity index (χ1) is 10.1. The summed E-state index contributed by atoms with van der Waals surface area (Å²) < 4.78 is 16.6. The van der Waals surface area contributed by atoms with E-state index in [-0.39, 0.29) is 5.82 Å². The third kappa shape index (κ3) is 3.89. The van der Waals surface area contributed by atoms with E-state index in [1.807, 2.05) is 22.6 Å². The monoisotopic (exact) mass is 422 g/mol. The molecule has 1 aromatic carbocycles. The number of aromatic nitrogens is 2. The highest BCUT2D eigenvalue weighted by Crippen LogP contribution is 2.25. The first kappa shape index (κ1) is 17.0. The Hall–Kier alpha value is -0.360. The standard InChI is InChI=1S/C16H21ClFIN2/c1-3-5-6-11(4-2)10-21-15-7-12(18)13(19)8-14(15)20-16(21)9-17/h7-8,11H,3-6,9-10H2,1-2H3. The number of rotatable bonds is 7. The van der Waals surface area contributed by atoms with Crippen molar-refractivity contribution in [2.24, 2.45) is 5.92 Å². The third-order valence-electron chi connectivity index (χ3n) is 3.97. The van der Waals surface area contributed by atoms with Gasteiger partial charge in [-0.3, -0.25) is 0 Å². The highest BCUT2D eigenvalue weighted by Gasteiger charge is 2.16. The molecule has 1 heterocycles. The molecule has 5 heteroatoms. The van der Waals surface area contributed by atoms with Gasteiger partial charge in [0.25, 0.3) is 0 Å². The number of benzene rings is 1. The molecule has 2 rings (SSSR count). The van der Waals surface area contributed by atoms with Crippen LogP contribution in [0.1, 0.15) is 45.4 Å². The lowest BCUT2D eigenvalue weighted by molar-refractivity contribution is 0.391. The number of nitrogens with zero attached hydrogens (tertiary/aromatic N) is 2. The number of halogens is 3. The maximum atomic E-state index is 13.9. The Balaban J connectivity index is 2.38. The van der Waals surface area contributed by atoms with Gasteiger partial charge in [0.15, 0.2) is 0 Å². The zero-order valence-corrected chi connectivity index (χ0v) is 15.4. The largest absolute Gasteiger partial charge is 0.327 e. The fourth-order valence-electron chi connectivity index (χ4n) is 2.65. The summed E-state index contributed by atoms with van der Waals surface area (Å²) >= 11 is 8.03. The summed E-state index contributed by atoms with van der Waals surface area (Å²) in [5, 5.41) is 0. The first-order valence-corrected chi connectivity index (χ1v) is 9.12. The van der Waals surface area contributed by atoms with E-state index in [0.717, 1.165) is 29.8 Å². The van der Waals surface area contributed by atoms with Crippen LogP contribution in [-0.4, -0.2) is 9.55 Å². The maximum absolute atomic E-state index is 13.9. The Morgan fingerprint density at radius 1 is 1.38 bits per heavy atom. The SMILES string of the molecule is CCCCC(CC)Cn1c(CCl)nc2cc(I)c(F)cc21. The molecular weight excluding hydrogens is 402 g/mol. The van der Waals surface area contributed by atoms with Gasteiger partial charge in [-0.05, 0) is 41.0 Å². The summed E-state index contributed by atoms with van der Waals surface area (Å²) in [5.41, 5.74) is 1.69. The highest BCUT2D eigenvalue weighted by atomic mass is 127. The van der Waals surface area contributed by atoms with Gasteiger partial charge in [0, 0.05) is 12.6 Å². The molecule has 1 aromatic heterocycles. The van der Waals surface area contributed by atoms with Crippen LogP contribution in [0.2, 0.25) is 0 Å². The number of imidazole rings is 1. The first-order valence-electron chi connectivity index (χ1n) is 7.50. The van der Waals surface area contributed by atoms with Crippen LogP contribution in [0.5, 0.6) is 0 Å². The number of fused-ring (bicyclic) bond motifs is 1. The van der Waals surface area contributed by atoms with Gasteiger partial charge in [-0.1, -0.05) is 33.1 Å². The van der Waals surface area contributed by atoms with Crippen LogP contribution >= 0.6 is 34.2 Å². The van der Waals surface area contributed by atoms with Gasteiger partial charge >= 0.3 is 0 Å². The third-order valence-corrected chi connectivity index (χ3v) is 5.04. The molecule has 0 bridgehead atoms. The van der Waals surface area contributed by atoms with E-state index in [9.17, 15) is 4.39 Å². The van der Waals surface area contributed by atoms with Crippen molar-refractivity contribution in [1.82, 2.24) is 9.55 Å². The second-order valence-electron chi connectivity index (χ2n) is 5.44. The van der Waals surface area contributed by atoms with Crippen LogP contribution in [0.15, 0.2) is 12.1 Å². The van der Waals surface area contributed by atoms with Crippen LogP contribution in [0.3, 0.4) is 0 Å². The molecule has 2 nitrogen and oxygen atoms in total. The Kier molecular flexibility index (Phi) is 6.29. The fourth-order valence-corrected chi connectivity index (χ4v) is 3.31. The van der Waals surface area contributed by atoms with E-state index in [4.69, 9.17) is 11.6 Å². The van der Waals surface area contributed by atoms with Crippen molar-refractivity contribution in [3.63, 3.8) is 0 Å². The Labute approximate surface area is 144 Å². The second kappa shape index (κ2) is 7.77. The predicted molar refractivity (Wildman–Crippen MR) is 95.3 cm³/mol. The minimum atomic E-state index is -0.188. The van der Waals surface area contributed by atoms with Crippen molar-refractivity contribution >= 4 is 45.2 Å². The van der Waals surface area contributed by atoms with Crippen molar-refractivity contribution in [3.8, 4) is 0 Å². The van der Waals surface area contributed by atoms with Crippen LogP contribution in [0.25, 0.3) is 11.0 Å². The average Bonchev–Trinajstić information content (AvgIpc) is 2.81. The highest BCUT2D eigenvalue weighted by molar-refractivity contribution is 14.1. The topological polar surface area (TPSA) is 17.8 Å². The molecule has 0 saturated heterocycles. The molecule has 0 saturated carbocycles. The lowest BCUT2D eigenvalue weighted by atomic mass is 9.99. The van der Waals surface area contributed by atoms with Crippen molar-refractivity contribution < 1.29 is 4.39 Å². The quantitative estimate of drug-likeness (QED) is 0.411. The second-order valence-corrected chi connectivity index (χ2v) is 6.87. The molecule has 1 atom stereocenters. The summed E-state index contributed by atoms with van der Waals surface area (Å²) in [6.07, 6.45) is 4.75. The summed E-state index contributed by atoms with van der Waals surface area (Å²) in [5.74, 6) is 1.60. The Morgan fingerprint density at radius 2 is 2.14 bits per heavy atom. The molecule has 2 aromatic rings. The molecule has 0 aliphatic rings. The van der Waals surface area contributed by atoms with Crippen molar-refractivity contribution in [2.75, 3.05) is 0 Å². The number of hydrogen-bond donors (Lipinski definition) is 0. The Morgan fingerprint density at radius 3 is 2.76 bits per heavy atom. The van der Waals surface area contributed by atoms with E-state index < -0.39 is 0 Å². The minimum absolute atomic E-state index is 0.188. The molecule has 0 aliphatic carbocycles. The van der Waals surface area contributed by atoms with E-state index >= 15 is 0 Å². The molecule has 0 radical (unpaired) electrons. The fraction of sp³-hybridized carbons (Fsp3) is 0.562. The zero-order chi connectivity index (χ0) is 15.4. The lowest BCUT2D eigenvalue weighted by Crippen LogP contribution is -2.12. The molecular formula is C16H21ClFIN2. The summed E-state index contributed by atoms with van der Waals surface area (Å²) in [6.45, 7) is 5.29. The maximum Gasteiger partial charge on any atom is 0.138 e. The van der Waals surface area contributed by atoms with Gasteiger partial charge in [0.1, 0.15) is 11.6 Å². The van der Waals surface area contributed by atoms with Gasteiger partial charge in [-0.25, -0.2) is 9.37 Å². The molecule has 1 unspecified atom stereocenters.